The minimum absolute atomic E-state index is 0.214. The van der Waals surface area contributed by atoms with Gasteiger partial charge in [-0.25, -0.2) is 4.98 Å². The van der Waals surface area contributed by atoms with Crippen LogP contribution in [0.2, 0.25) is 0 Å². The summed E-state index contributed by atoms with van der Waals surface area (Å²) >= 11 is 3.17. The molecule has 0 saturated heterocycles. The lowest BCUT2D eigenvalue weighted by Crippen LogP contribution is -2.21. The number of aryl methyl sites for hydroxylation is 1. The zero-order valence-corrected chi connectivity index (χ0v) is 8.58. The maximum absolute atomic E-state index is 7.85. The SMILES string of the molecule is [2H]C([2H])([2H])C([2H])([2H])c1nc(N(C([2H])([2H])C([2H])([2H])[2H])C([2H])([2H])C([2H])([2H])[2H])sc1Br. The van der Waals surface area contributed by atoms with Crippen LogP contribution in [0, 0.1) is 0 Å². The number of hydrogen-bond acceptors (Lipinski definition) is 3. The molecular formula is C9H15BrN2S. The van der Waals surface area contributed by atoms with Crippen molar-refractivity contribution < 1.29 is 20.6 Å². The number of aromatic nitrogens is 1. The van der Waals surface area contributed by atoms with Crippen LogP contribution in [-0.4, -0.2) is 18.0 Å². The van der Waals surface area contributed by atoms with E-state index in [0.29, 0.717) is 11.3 Å². The number of thiazole rings is 1. The summed E-state index contributed by atoms with van der Waals surface area (Å²) in [6.45, 7) is -17.4. The standard InChI is InChI=1S/C9H15BrN2S/c1-4-7-8(10)13-9(11-7)12(5-2)6-3/h4-6H2,1-3H3/i1D3,2D3,3D3,4D2,5D2,6D2. The van der Waals surface area contributed by atoms with E-state index < -0.39 is 50.7 Å². The summed E-state index contributed by atoms with van der Waals surface area (Å²) in [5.74, 6) is 0. The Bertz CT molecular complexity index is 689. The first-order valence-corrected chi connectivity index (χ1v) is 4.57. The van der Waals surface area contributed by atoms with Crippen LogP contribution in [0.3, 0.4) is 0 Å². The molecule has 0 atom stereocenters. The van der Waals surface area contributed by atoms with Crippen LogP contribution in [0.15, 0.2) is 3.79 Å². The van der Waals surface area contributed by atoms with Gasteiger partial charge in [0, 0.05) is 33.6 Å². The predicted octanol–water partition coefficient (Wildman–Crippen LogP) is 3.31. The summed E-state index contributed by atoms with van der Waals surface area (Å²) in [5.41, 5.74) is -0.764. The summed E-state index contributed by atoms with van der Waals surface area (Å²) in [6, 6.07) is 0. The average molecular weight is 278 g/mol. The van der Waals surface area contributed by atoms with Gasteiger partial charge in [0.1, 0.15) is 0 Å². The number of hydrogen-bond donors (Lipinski definition) is 0. The third kappa shape index (κ3) is 2.44. The molecule has 74 valence electrons. The lowest BCUT2D eigenvalue weighted by molar-refractivity contribution is 0.853. The van der Waals surface area contributed by atoms with Gasteiger partial charge in [0.25, 0.3) is 0 Å². The molecular weight excluding hydrogens is 248 g/mol. The molecule has 0 saturated carbocycles. The van der Waals surface area contributed by atoms with E-state index in [-0.39, 0.29) is 8.69 Å². The first-order valence-electron chi connectivity index (χ1n) is 10.5. The number of anilines is 1. The lowest BCUT2D eigenvalue weighted by Gasteiger charge is -2.16. The first kappa shape index (κ1) is 2.35. The second-order valence-corrected chi connectivity index (χ2v) is 4.10. The molecule has 2 nitrogen and oxygen atoms in total. The average Bonchev–Trinajstić information content (AvgIpc) is 2.76. The Hall–Kier alpha value is -0.0900. The van der Waals surface area contributed by atoms with E-state index >= 15 is 0 Å². The summed E-state index contributed by atoms with van der Waals surface area (Å²) in [7, 11) is 0. The molecule has 0 aliphatic carbocycles. The van der Waals surface area contributed by atoms with Crippen LogP contribution in [0.4, 0.5) is 5.13 Å². The van der Waals surface area contributed by atoms with Crippen molar-refractivity contribution in [2.75, 3.05) is 17.9 Å². The Morgan fingerprint density at radius 1 is 1.54 bits per heavy atom. The van der Waals surface area contributed by atoms with Crippen molar-refractivity contribution in [2.45, 2.75) is 26.9 Å². The fourth-order valence-electron chi connectivity index (χ4n) is 0.587. The topological polar surface area (TPSA) is 16.1 Å². The number of rotatable bonds is 4. The van der Waals surface area contributed by atoms with Gasteiger partial charge in [-0.3, -0.25) is 0 Å². The van der Waals surface area contributed by atoms with Crippen LogP contribution < -0.4 is 4.90 Å². The van der Waals surface area contributed by atoms with Gasteiger partial charge < -0.3 is 4.90 Å². The fourth-order valence-corrected chi connectivity index (χ4v) is 1.88. The number of halogens is 1. The molecule has 1 heterocycles. The van der Waals surface area contributed by atoms with E-state index in [1.165, 1.54) is 0 Å². The van der Waals surface area contributed by atoms with E-state index in [0.717, 1.165) is 0 Å². The zero-order chi connectivity index (χ0) is 22.7. The summed E-state index contributed by atoms with van der Waals surface area (Å²) in [6.07, 6.45) is -3.06. The van der Waals surface area contributed by atoms with Crippen LogP contribution in [0.1, 0.15) is 46.8 Å². The molecule has 0 bridgehead atoms. The van der Waals surface area contributed by atoms with E-state index in [1.54, 1.807) is 0 Å². The Morgan fingerprint density at radius 2 is 2.31 bits per heavy atom. The Labute approximate surface area is 113 Å². The largest absolute Gasteiger partial charge is 0.349 e. The Balaban J connectivity index is 3.79. The second-order valence-electron chi connectivity index (χ2n) is 1.80. The van der Waals surface area contributed by atoms with Crippen molar-refractivity contribution in [1.82, 2.24) is 4.98 Å². The van der Waals surface area contributed by atoms with Gasteiger partial charge in [0.15, 0.2) is 5.13 Å². The third-order valence-corrected chi connectivity index (χ3v) is 2.80. The molecule has 1 aromatic heterocycles. The van der Waals surface area contributed by atoms with Crippen molar-refractivity contribution in [1.29, 1.82) is 0 Å². The maximum Gasteiger partial charge on any atom is 0.186 e. The van der Waals surface area contributed by atoms with Crippen molar-refractivity contribution in [3.05, 3.63) is 9.48 Å². The number of nitrogens with zero attached hydrogens (tertiary/aromatic N) is 2. The smallest absolute Gasteiger partial charge is 0.186 e. The molecule has 1 rings (SSSR count). The van der Waals surface area contributed by atoms with Gasteiger partial charge in [-0.15, -0.1) is 0 Å². The highest BCUT2D eigenvalue weighted by atomic mass is 79.9. The molecule has 0 fully saturated rings. The van der Waals surface area contributed by atoms with E-state index in [9.17, 15) is 0 Å². The highest BCUT2D eigenvalue weighted by Crippen LogP contribution is 2.30. The van der Waals surface area contributed by atoms with Crippen LogP contribution in [0.25, 0.3) is 0 Å². The van der Waals surface area contributed by atoms with E-state index in [2.05, 4.69) is 20.9 Å². The minimum Gasteiger partial charge on any atom is -0.349 e. The van der Waals surface area contributed by atoms with Crippen molar-refractivity contribution >= 4 is 32.4 Å². The van der Waals surface area contributed by atoms with Gasteiger partial charge in [0.05, 0.1) is 9.48 Å². The third-order valence-electron chi connectivity index (χ3n) is 1.11. The molecule has 0 radical (unpaired) electrons. The molecule has 0 aliphatic heterocycles. The Kier molecular flexibility index (Phi) is 0.897. The highest BCUT2D eigenvalue weighted by molar-refractivity contribution is 9.11. The highest BCUT2D eigenvalue weighted by Gasteiger charge is 2.10. The molecule has 0 amide bonds. The summed E-state index contributed by atoms with van der Waals surface area (Å²) in [4.78, 5) is 3.38. The van der Waals surface area contributed by atoms with Crippen LogP contribution in [0.5, 0.6) is 0 Å². The molecule has 13 heavy (non-hydrogen) atoms. The van der Waals surface area contributed by atoms with Gasteiger partial charge in [-0.05, 0) is 36.0 Å². The molecule has 0 spiro atoms. The molecule has 0 N–H and O–H groups in total. The van der Waals surface area contributed by atoms with Crippen molar-refractivity contribution in [3.8, 4) is 0 Å². The van der Waals surface area contributed by atoms with E-state index in [4.69, 9.17) is 20.6 Å². The van der Waals surface area contributed by atoms with Crippen LogP contribution >= 0.6 is 27.3 Å². The zero-order valence-electron chi connectivity index (χ0n) is 21.2. The van der Waals surface area contributed by atoms with Gasteiger partial charge in [-0.1, -0.05) is 18.2 Å². The monoisotopic (exact) mass is 277 g/mol. The van der Waals surface area contributed by atoms with Gasteiger partial charge in [0.2, 0.25) is 0 Å². The van der Waals surface area contributed by atoms with Gasteiger partial charge in [-0.2, -0.15) is 0 Å². The lowest BCUT2D eigenvalue weighted by atomic mass is 10.4. The summed E-state index contributed by atoms with van der Waals surface area (Å²) in [5, 5.41) is -0.850. The van der Waals surface area contributed by atoms with Crippen molar-refractivity contribution in [2.24, 2.45) is 0 Å². The van der Waals surface area contributed by atoms with Crippen molar-refractivity contribution in [3.63, 3.8) is 0 Å². The molecule has 1 aromatic rings. The minimum atomic E-state index is -3.58. The quantitative estimate of drug-likeness (QED) is 0.840. The first-order chi connectivity index (χ1) is 12.0. The summed E-state index contributed by atoms with van der Waals surface area (Å²) < 4.78 is 113. The normalized spacial score (nSPS) is 33.8. The maximum atomic E-state index is 7.85. The van der Waals surface area contributed by atoms with Gasteiger partial charge >= 0.3 is 0 Å². The van der Waals surface area contributed by atoms with Crippen LogP contribution in [-0.2, 0) is 6.37 Å². The Morgan fingerprint density at radius 3 is 2.92 bits per heavy atom. The molecule has 0 aromatic carbocycles. The molecule has 0 aliphatic rings. The molecule has 4 heteroatoms. The van der Waals surface area contributed by atoms with E-state index in [1.807, 2.05) is 0 Å². The predicted molar refractivity (Wildman–Crippen MR) is 62.8 cm³/mol. The molecule has 0 unspecified atom stereocenters. The fraction of sp³-hybridized carbons (Fsp3) is 0.667. The second kappa shape index (κ2) is 4.96.